The second-order valence-electron chi connectivity index (χ2n) is 5.24. The number of likely N-dealkylation sites (N-methyl/N-ethyl adjacent to an activating group) is 1. The second kappa shape index (κ2) is 7.93. The van der Waals surface area contributed by atoms with E-state index in [4.69, 9.17) is 0 Å². The van der Waals surface area contributed by atoms with Crippen LogP contribution in [0.15, 0.2) is 17.5 Å². The van der Waals surface area contributed by atoms with Crippen LogP contribution in [0.3, 0.4) is 0 Å². The molecule has 1 aliphatic heterocycles. The molecule has 0 aliphatic carbocycles. The van der Waals surface area contributed by atoms with Gasteiger partial charge in [-0.1, -0.05) is 6.07 Å². The zero-order valence-corrected chi connectivity index (χ0v) is 13.4. The van der Waals surface area contributed by atoms with Crippen molar-refractivity contribution in [3.05, 3.63) is 22.4 Å². The first-order valence-electron chi connectivity index (χ1n) is 7.49. The van der Waals surface area contributed by atoms with Gasteiger partial charge in [0.05, 0.1) is 17.3 Å². The van der Waals surface area contributed by atoms with Crippen molar-refractivity contribution in [2.45, 2.75) is 19.8 Å². The van der Waals surface area contributed by atoms with Gasteiger partial charge < -0.3 is 15.5 Å². The largest absolute Gasteiger partial charge is 0.355 e. The molecule has 0 spiro atoms. The Morgan fingerprint density at radius 3 is 2.86 bits per heavy atom. The van der Waals surface area contributed by atoms with Crippen LogP contribution >= 0.6 is 11.3 Å². The van der Waals surface area contributed by atoms with Crippen molar-refractivity contribution < 1.29 is 14.4 Å². The number of nitrogens with zero attached hydrogens (tertiary/aromatic N) is 1. The molecule has 1 aromatic rings. The lowest BCUT2D eigenvalue weighted by molar-refractivity contribution is -0.129. The smallest absolute Gasteiger partial charge is 0.263 e. The Morgan fingerprint density at radius 1 is 1.36 bits per heavy atom. The van der Waals surface area contributed by atoms with Gasteiger partial charge in [-0.25, -0.2) is 0 Å². The van der Waals surface area contributed by atoms with Crippen molar-refractivity contribution >= 4 is 29.1 Å². The standard InChI is InChI=1S/C15H21N3O3S/c1-2-16-13(19)9-17-14(20)11-5-3-7-18(10-11)15(21)12-6-4-8-22-12/h4,6,8,11H,2-3,5,7,9-10H2,1H3,(H,16,19)(H,17,20)/t11-/m1/s1. The SMILES string of the molecule is CCNC(=O)CNC(=O)[C@@H]1CCCN(C(=O)c2cccs2)C1. The number of amides is 3. The van der Waals surface area contributed by atoms with E-state index < -0.39 is 0 Å². The van der Waals surface area contributed by atoms with Gasteiger partial charge in [-0.15, -0.1) is 11.3 Å². The third-order valence-electron chi connectivity index (χ3n) is 3.61. The maximum Gasteiger partial charge on any atom is 0.263 e. The van der Waals surface area contributed by atoms with Gasteiger partial charge in [0.25, 0.3) is 5.91 Å². The summed E-state index contributed by atoms with van der Waals surface area (Å²) in [7, 11) is 0. The summed E-state index contributed by atoms with van der Waals surface area (Å²) in [6.45, 7) is 3.45. The van der Waals surface area contributed by atoms with E-state index in [1.165, 1.54) is 11.3 Å². The molecule has 7 heteroatoms. The van der Waals surface area contributed by atoms with Gasteiger partial charge in [-0.05, 0) is 31.2 Å². The molecular formula is C15H21N3O3S. The van der Waals surface area contributed by atoms with E-state index in [1.807, 2.05) is 18.4 Å². The number of hydrogen-bond donors (Lipinski definition) is 2. The molecule has 0 unspecified atom stereocenters. The van der Waals surface area contributed by atoms with E-state index in [0.29, 0.717) is 24.5 Å². The quantitative estimate of drug-likeness (QED) is 0.843. The predicted octanol–water partition coefficient (Wildman–Crippen LogP) is 0.853. The fourth-order valence-corrected chi connectivity index (χ4v) is 3.19. The van der Waals surface area contributed by atoms with Crippen molar-refractivity contribution in [1.82, 2.24) is 15.5 Å². The monoisotopic (exact) mass is 323 g/mol. The number of nitrogens with one attached hydrogen (secondary N) is 2. The van der Waals surface area contributed by atoms with Gasteiger partial charge in [-0.2, -0.15) is 0 Å². The maximum atomic E-state index is 12.3. The molecule has 0 saturated carbocycles. The zero-order chi connectivity index (χ0) is 15.9. The second-order valence-corrected chi connectivity index (χ2v) is 6.19. The molecular weight excluding hydrogens is 302 g/mol. The van der Waals surface area contributed by atoms with Crippen molar-refractivity contribution in [3.63, 3.8) is 0 Å². The summed E-state index contributed by atoms with van der Waals surface area (Å²) in [4.78, 5) is 38.3. The van der Waals surface area contributed by atoms with Crippen LogP contribution in [0.25, 0.3) is 0 Å². The Morgan fingerprint density at radius 2 is 2.18 bits per heavy atom. The average Bonchev–Trinajstić information content (AvgIpc) is 3.06. The summed E-state index contributed by atoms with van der Waals surface area (Å²) >= 11 is 1.41. The molecule has 22 heavy (non-hydrogen) atoms. The lowest BCUT2D eigenvalue weighted by atomic mass is 9.97. The summed E-state index contributed by atoms with van der Waals surface area (Å²) in [5.74, 6) is -0.614. The first-order valence-corrected chi connectivity index (χ1v) is 8.37. The van der Waals surface area contributed by atoms with Crippen LogP contribution < -0.4 is 10.6 Å². The van der Waals surface area contributed by atoms with E-state index in [1.54, 1.807) is 11.0 Å². The minimum Gasteiger partial charge on any atom is -0.355 e. The molecule has 0 aromatic carbocycles. The number of rotatable bonds is 5. The van der Waals surface area contributed by atoms with Gasteiger partial charge in [0, 0.05) is 19.6 Å². The van der Waals surface area contributed by atoms with Crippen molar-refractivity contribution in [1.29, 1.82) is 0 Å². The summed E-state index contributed by atoms with van der Waals surface area (Å²) in [5, 5.41) is 7.15. The number of piperidine rings is 1. The first-order chi connectivity index (χ1) is 10.6. The third kappa shape index (κ3) is 4.30. The molecule has 0 radical (unpaired) electrons. The number of thiophene rings is 1. The maximum absolute atomic E-state index is 12.3. The number of hydrogen-bond acceptors (Lipinski definition) is 4. The van der Waals surface area contributed by atoms with Gasteiger partial charge in [0.15, 0.2) is 0 Å². The van der Waals surface area contributed by atoms with Crippen LogP contribution in [0, 0.1) is 5.92 Å². The van der Waals surface area contributed by atoms with E-state index >= 15 is 0 Å². The molecule has 1 atom stereocenters. The van der Waals surface area contributed by atoms with Crippen LogP contribution in [-0.2, 0) is 9.59 Å². The van der Waals surface area contributed by atoms with Crippen LogP contribution in [0.1, 0.15) is 29.4 Å². The molecule has 1 saturated heterocycles. The molecule has 1 aromatic heterocycles. The molecule has 1 aliphatic rings. The van der Waals surface area contributed by atoms with E-state index in [0.717, 1.165) is 12.8 Å². The Bertz CT molecular complexity index is 530. The third-order valence-corrected chi connectivity index (χ3v) is 4.47. The van der Waals surface area contributed by atoms with Crippen LogP contribution in [0.4, 0.5) is 0 Å². The normalized spacial score (nSPS) is 17.9. The lowest BCUT2D eigenvalue weighted by Crippen LogP contribution is -2.47. The van der Waals surface area contributed by atoms with Crippen LogP contribution in [-0.4, -0.2) is 48.8 Å². The van der Waals surface area contributed by atoms with Crippen molar-refractivity contribution in [2.24, 2.45) is 5.92 Å². The summed E-state index contributed by atoms with van der Waals surface area (Å²) in [5.41, 5.74) is 0. The fourth-order valence-electron chi connectivity index (χ4n) is 2.50. The summed E-state index contributed by atoms with van der Waals surface area (Å²) in [6.07, 6.45) is 1.55. The lowest BCUT2D eigenvalue weighted by Gasteiger charge is -2.31. The van der Waals surface area contributed by atoms with Crippen LogP contribution in [0.2, 0.25) is 0 Å². The zero-order valence-electron chi connectivity index (χ0n) is 12.6. The van der Waals surface area contributed by atoms with E-state index in [-0.39, 0.29) is 30.2 Å². The molecule has 120 valence electrons. The van der Waals surface area contributed by atoms with Gasteiger partial charge >= 0.3 is 0 Å². The topological polar surface area (TPSA) is 78.5 Å². The number of likely N-dealkylation sites (tertiary alicyclic amines) is 1. The molecule has 0 bridgehead atoms. The van der Waals surface area contributed by atoms with Gasteiger partial charge in [0.2, 0.25) is 11.8 Å². The van der Waals surface area contributed by atoms with Gasteiger partial charge in [-0.3, -0.25) is 14.4 Å². The van der Waals surface area contributed by atoms with Crippen molar-refractivity contribution in [2.75, 3.05) is 26.2 Å². The average molecular weight is 323 g/mol. The Labute approximate surface area is 133 Å². The molecule has 3 amide bonds. The molecule has 2 N–H and O–H groups in total. The van der Waals surface area contributed by atoms with E-state index in [9.17, 15) is 14.4 Å². The Kier molecular flexibility index (Phi) is 5.94. The molecule has 2 rings (SSSR count). The Balaban J connectivity index is 1.86. The first kappa shape index (κ1) is 16.5. The highest BCUT2D eigenvalue weighted by atomic mass is 32.1. The minimum absolute atomic E-state index is 0.0119. The minimum atomic E-state index is -0.243. The van der Waals surface area contributed by atoms with E-state index in [2.05, 4.69) is 10.6 Å². The highest BCUT2D eigenvalue weighted by Gasteiger charge is 2.29. The highest BCUT2D eigenvalue weighted by Crippen LogP contribution is 2.20. The number of carbonyl (C=O) groups excluding carboxylic acids is 3. The summed E-state index contributed by atoms with van der Waals surface area (Å²) in [6, 6.07) is 3.64. The molecule has 2 heterocycles. The highest BCUT2D eigenvalue weighted by molar-refractivity contribution is 7.12. The van der Waals surface area contributed by atoms with Crippen LogP contribution in [0.5, 0.6) is 0 Å². The van der Waals surface area contributed by atoms with Crippen molar-refractivity contribution in [3.8, 4) is 0 Å². The fraction of sp³-hybridized carbons (Fsp3) is 0.533. The molecule has 6 nitrogen and oxygen atoms in total. The number of carbonyl (C=O) groups is 3. The predicted molar refractivity (Wildman–Crippen MR) is 84.6 cm³/mol. The van der Waals surface area contributed by atoms with Gasteiger partial charge in [0.1, 0.15) is 0 Å². The summed E-state index contributed by atoms with van der Waals surface area (Å²) < 4.78 is 0. The molecule has 1 fully saturated rings. The Hall–Kier alpha value is -1.89.